The van der Waals surface area contributed by atoms with Crippen LogP contribution >= 0.6 is 0 Å². The molecule has 0 aliphatic heterocycles. The highest BCUT2D eigenvalue weighted by atomic mass is 28.4. The number of carbonyl (C=O) groups is 1. The third-order valence-electron chi connectivity index (χ3n) is 8.00. The summed E-state index contributed by atoms with van der Waals surface area (Å²) in [5.41, 5.74) is 2.12. The average molecular weight is 555 g/mol. The Labute approximate surface area is 234 Å². The number of hydrogen-bond donors (Lipinski definition) is 0. The summed E-state index contributed by atoms with van der Waals surface area (Å²) in [5, 5.41) is 0. The molecule has 0 atom stereocenters. The number of unbranched alkanes of at least 4 members (excludes halogenated alkanes) is 2. The van der Waals surface area contributed by atoms with Gasteiger partial charge in [-0.15, -0.1) is 0 Å². The fraction of sp³-hybridized carbons (Fsp3) is 0.531. The van der Waals surface area contributed by atoms with E-state index in [9.17, 15) is 4.79 Å². The van der Waals surface area contributed by atoms with Crippen molar-refractivity contribution in [1.29, 1.82) is 0 Å². The maximum atomic E-state index is 12.0. The van der Waals surface area contributed by atoms with Crippen LogP contribution in [0.15, 0.2) is 42.5 Å². The van der Waals surface area contributed by atoms with Crippen LogP contribution < -0.4 is 13.6 Å². The third-order valence-corrected chi connectivity index (χ3v) is 17.1. The molecule has 0 bridgehead atoms. The van der Waals surface area contributed by atoms with E-state index in [1.807, 2.05) is 24.3 Å². The first kappa shape index (κ1) is 31.9. The minimum Gasteiger partial charge on any atom is -0.543 e. The maximum absolute atomic E-state index is 12.0. The molecule has 0 saturated heterocycles. The second-order valence-corrected chi connectivity index (χ2v) is 19.6. The van der Waals surface area contributed by atoms with E-state index in [1.54, 1.807) is 0 Å². The van der Waals surface area contributed by atoms with E-state index < -0.39 is 16.6 Å². The summed E-state index contributed by atoms with van der Waals surface area (Å²) in [7, 11) is -3.63. The van der Waals surface area contributed by atoms with Crippen LogP contribution in [0.2, 0.25) is 36.3 Å². The van der Waals surface area contributed by atoms with E-state index >= 15 is 0 Å². The highest BCUT2D eigenvalue weighted by Gasteiger charge is 2.33. The molecule has 0 spiro atoms. The van der Waals surface area contributed by atoms with E-state index in [2.05, 4.69) is 78.8 Å². The molecule has 2 aromatic rings. The number of esters is 1. The van der Waals surface area contributed by atoms with Crippen LogP contribution in [0.4, 0.5) is 0 Å². The van der Waals surface area contributed by atoms with E-state index in [0.29, 0.717) is 12.2 Å². The van der Waals surface area contributed by atoms with Gasteiger partial charge in [0.05, 0.1) is 0 Å². The van der Waals surface area contributed by atoms with Crippen LogP contribution in [0, 0.1) is 0 Å². The molecule has 210 valence electrons. The molecule has 0 radical (unpaired) electrons. The van der Waals surface area contributed by atoms with E-state index in [0.717, 1.165) is 78.2 Å². The minimum atomic E-state index is -1.82. The van der Waals surface area contributed by atoms with Gasteiger partial charge >= 0.3 is 5.97 Å². The number of carbonyl (C=O) groups excluding carboxylic acids is 1. The van der Waals surface area contributed by atoms with Gasteiger partial charge in [0.15, 0.2) is 0 Å². The second-order valence-electron chi connectivity index (χ2n) is 10.3. The molecular formula is C32H50O4Si2. The average Bonchev–Trinajstić information content (AvgIpc) is 2.94. The van der Waals surface area contributed by atoms with Gasteiger partial charge < -0.3 is 13.6 Å². The summed E-state index contributed by atoms with van der Waals surface area (Å²) >= 11 is 0. The van der Waals surface area contributed by atoms with Crippen molar-refractivity contribution in [3.63, 3.8) is 0 Å². The molecule has 2 rings (SSSR count). The van der Waals surface area contributed by atoms with Gasteiger partial charge in [0, 0.05) is 12.5 Å². The summed E-state index contributed by atoms with van der Waals surface area (Å²) in [5.74, 6) is 2.28. The predicted octanol–water partition coefficient (Wildman–Crippen LogP) is 10.1. The van der Waals surface area contributed by atoms with Gasteiger partial charge in [-0.05, 0) is 78.1 Å². The van der Waals surface area contributed by atoms with Crippen molar-refractivity contribution < 1.29 is 18.4 Å². The zero-order valence-electron chi connectivity index (χ0n) is 24.9. The van der Waals surface area contributed by atoms with Crippen LogP contribution in [-0.2, 0) is 4.79 Å². The first-order valence-electron chi connectivity index (χ1n) is 14.8. The Morgan fingerprint density at radius 1 is 0.632 bits per heavy atom. The lowest BCUT2D eigenvalue weighted by molar-refractivity contribution is -0.134. The number of hydrogen-bond acceptors (Lipinski definition) is 4. The van der Waals surface area contributed by atoms with Gasteiger partial charge in [-0.3, -0.25) is 4.79 Å². The number of rotatable bonds is 17. The molecule has 0 heterocycles. The Hall–Kier alpha value is -2.32. The van der Waals surface area contributed by atoms with Crippen molar-refractivity contribution >= 4 is 34.8 Å². The molecule has 6 heteroatoms. The summed E-state index contributed by atoms with van der Waals surface area (Å²) in [4.78, 5) is 12.0. The van der Waals surface area contributed by atoms with E-state index in [1.165, 1.54) is 0 Å². The van der Waals surface area contributed by atoms with Crippen molar-refractivity contribution in [2.75, 3.05) is 0 Å². The van der Waals surface area contributed by atoms with Gasteiger partial charge in [-0.2, -0.15) is 0 Å². The van der Waals surface area contributed by atoms with Crippen LogP contribution in [0.25, 0.3) is 12.2 Å². The fourth-order valence-electron chi connectivity index (χ4n) is 4.78. The van der Waals surface area contributed by atoms with Crippen LogP contribution in [0.3, 0.4) is 0 Å². The molecule has 0 fully saturated rings. The van der Waals surface area contributed by atoms with Crippen molar-refractivity contribution in [3.05, 3.63) is 53.6 Å². The molecule has 0 aliphatic carbocycles. The lowest BCUT2D eigenvalue weighted by Crippen LogP contribution is -2.40. The molecule has 0 amide bonds. The van der Waals surface area contributed by atoms with Gasteiger partial charge in [0.1, 0.15) is 17.2 Å². The Kier molecular flexibility index (Phi) is 13.4. The molecule has 0 aromatic heterocycles. The minimum absolute atomic E-state index is 0.164. The second kappa shape index (κ2) is 15.9. The third kappa shape index (κ3) is 9.46. The molecule has 0 unspecified atom stereocenters. The van der Waals surface area contributed by atoms with Crippen LogP contribution in [0.1, 0.15) is 85.3 Å². The largest absolute Gasteiger partial charge is 0.543 e. The molecule has 38 heavy (non-hydrogen) atoms. The summed E-state index contributed by atoms with van der Waals surface area (Å²) in [6, 6.07) is 20.7. The molecular weight excluding hydrogens is 505 g/mol. The van der Waals surface area contributed by atoms with Crippen molar-refractivity contribution in [3.8, 4) is 17.2 Å². The normalized spacial score (nSPS) is 12.1. The van der Waals surface area contributed by atoms with Gasteiger partial charge in [-0.1, -0.05) is 85.6 Å². The monoisotopic (exact) mass is 554 g/mol. The summed E-state index contributed by atoms with van der Waals surface area (Å²) in [6.07, 6.45) is 7.69. The topological polar surface area (TPSA) is 44.8 Å². The fourth-order valence-corrected chi connectivity index (χ4v) is 9.88. The Balaban J connectivity index is 2.28. The van der Waals surface area contributed by atoms with Gasteiger partial charge in [0.25, 0.3) is 0 Å². The van der Waals surface area contributed by atoms with Crippen LogP contribution in [-0.4, -0.2) is 22.6 Å². The summed E-state index contributed by atoms with van der Waals surface area (Å²) < 4.78 is 19.0. The SMILES string of the molecule is CCCCCC(=O)Oc1ccc(/C=C/c2cc(O[Si](CC)(CC)CC)cc(O[Si](CC)(CC)CC)c2)cc1. The Morgan fingerprint density at radius 2 is 1.11 bits per heavy atom. The number of benzene rings is 2. The Morgan fingerprint density at radius 3 is 1.55 bits per heavy atom. The van der Waals surface area contributed by atoms with Gasteiger partial charge in [-0.25, -0.2) is 0 Å². The molecule has 2 aromatic carbocycles. The van der Waals surface area contributed by atoms with Gasteiger partial charge in [0.2, 0.25) is 16.6 Å². The zero-order chi connectivity index (χ0) is 28.0. The highest BCUT2D eigenvalue weighted by molar-refractivity contribution is 6.74. The quantitative estimate of drug-likeness (QED) is 0.0641. The van der Waals surface area contributed by atoms with Crippen molar-refractivity contribution in [1.82, 2.24) is 0 Å². The maximum Gasteiger partial charge on any atom is 0.311 e. The van der Waals surface area contributed by atoms with Crippen molar-refractivity contribution in [2.45, 2.75) is 110 Å². The van der Waals surface area contributed by atoms with E-state index in [-0.39, 0.29) is 5.97 Å². The first-order chi connectivity index (χ1) is 18.3. The number of ether oxygens (including phenoxy) is 1. The Bertz CT molecular complexity index is 952. The standard InChI is InChI=1S/C32H50O4Si2/c1-8-15-16-17-32(33)34-29-22-20-27(21-23-29)18-19-28-24-30(35-37(9-2,10-3)11-4)26-31(25-28)36-38(12-5,13-6)14-7/h18-26H,8-17H2,1-7H3/b19-18+. The molecule has 0 N–H and O–H groups in total. The highest BCUT2D eigenvalue weighted by Crippen LogP contribution is 2.33. The first-order valence-corrected chi connectivity index (χ1v) is 19.9. The molecule has 0 saturated carbocycles. The molecule has 0 aliphatic rings. The zero-order valence-corrected chi connectivity index (χ0v) is 26.9. The molecule has 4 nitrogen and oxygen atoms in total. The predicted molar refractivity (Wildman–Crippen MR) is 167 cm³/mol. The van der Waals surface area contributed by atoms with Crippen molar-refractivity contribution in [2.24, 2.45) is 0 Å². The lowest BCUT2D eigenvalue weighted by atomic mass is 10.1. The van der Waals surface area contributed by atoms with E-state index in [4.69, 9.17) is 13.6 Å². The summed E-state index contributed by atoms with van der Waals surface area (Å²) in [6.45, 7) is 15.7. The lowest BCUT2D eigenvalue weighted by Gasteiger charge is -2.31. The smallest absolute Gasteiger partial charge is 0.311 e. The van der Waals surface area contributed by atoms with Crippen LogP contribution in [0.5, 0.6) is 17.2 Å².